The highest BCUT2D eigenvalue weighted by molar-refractivity contribution is 7.15. The van der Waals surface area contributed by atoms with Crippen molar-refractivity contribution in [3.8, 4) is 0 Å². The first-order chi connectivity index (χ1) is 9.75. The van der Waals surface area contributed by atoms with E-state index in [1.165, 1.54) is 5.69 Å². The zero-order valence-electron chi connectivity index (χ0n) is 11.6. The minimum atomic E-state index is 0.560. The molecule has 0 radical (unpaired) electrons. The summed E-state index contributed by atoms with van der Waals surface area (Å²) in [4.78, 5) is 11.1. The number of benzene rings is 1. The van der Waals surface area contributed by atoms with Crippen LogP contribution < -0.4 is 5.48 Å². The highest BCUT2D eigenvalue weighted by Crippen LogP contribution is 2.20. The number of hydrogen-bond donors (Lipinski definition) is 1. The SMILES string of the molecule is Cc1nc2scc(C)n2c1CNOCc1ccccc1. The predicted octanol–water partition coefficient (Wildman–Crippen LogP) is 3.23. The van der Waals surface area contributed by atoms with Crippen molar-refractivity contribution in [1.82, 2.24) is 14.9 Å². The number of thiazole rings is 1. The third-order valence-corrected chi connectivity index (χ3v) is 4.20. The van der Waals surface area contributed by atoms with Crippen molar-refractivity contribution < 1.29 is 4.84 Å². The number of nitrogens with one attached hydrogen (secondary N) is 1. The van der Waals surface area contributed by atoms with Gasteiger partial charge in [0.1, 0.15) is 0 Å². The van der Waals surface area contributed by atoms with E-state index in [1.54, 1.807) is 11.3 Å². The third kappa shape index (κ3) is 2.60. The summed E-state index contributed by atoms with van der Waals surface area (Å²) in [6.45, 7) is 5.34. The molecule has 1 N–H and O–H groups in total. The van der Waals surface area contributed by atoms with Crippen molar-refractivity contribution >= 4 is 16.3 Å². The molecule has 4 nitrogen and oxygen atoms in total. The quantitative estimate of drug-likeness (QED) is 0.578. The summed E-state index contributed by atoms with van der Waals surface area (Å²) < 4.78 is 2.18. The number of hydrogen-bond acceptors (Lipinski definition) is 4. The van der Waals surface area contributed by atoms with Gasteiger partial charge in [-0.1, -0.05) is 30.3 Å². The average molecular weight is 287 g/mol. The summed E-state index contributed by atoms with van der Waals surface area (Å²) in [6.07, 6.45) is 0. The standard InChI is InChI=1S/C15H17N3OS/c1-11-10-20-15-17-12(2)14(18(11)15)8-16-19-9-13-6-4-3-5-7-13/h3-7,10,16H,8-9H2,1-2H3. The van der Waals surface area contributed by atoms with Gasteiger partial charge in [0.2, 0.25) is 0 Å². The molecule has 0 unspecified atom stereocenters. The van der Waals surface area contributed by atoms with Gasteiger partial charge >= 0.3 is 0 Å². The molecule has 0 spiro atoms. The maximum absolute atomic E-state index is 5.53. The van der Waals surface area contributed by atoms with E-state index in [0.29, 0.717) is 13.2 Å². The van der Waals surface area contributed by atoms with Crippen LogP contribution in [0.5, 0.6) is 0 Å². The van der Waals surface area contributed by atoms with Crippen LogP contribution in [-0.2, 0) is 18.0 Å². The molecule has 0 bridgehead atoms. The van der Waals surface area contributed by atoms with Crippen LogP contribution in [0.1, 0.15) is 22.6 Å². The molecule has 1 aromatic carbocycles. The fourth-order valence-electron chi connectivity index (χ4n) is 2.20. The molecule has 0 aliphatic rings. The van der Waals surface area contributed by atoms with Crippen molar-refractivity contribution in [2.24, 2.45) is 0 Å². The minimum Gasteiger partial charge on any atom is -0.297 e. The van der Waals surface area contributed by atoms with E-state index in [1.807, 2.05) is 37.3 Å². The van der Waals surface area contributed by atoms with E-state index in [9.17, 15) is 0 Å². The molecule has 20 heavy (non-hydrogen) atoms. The van der Waals surface area contributed by atoms with E-state index >= 15 is 0 Å². The highest BCUT2D eigenvalue weighted by atomic mass is 32.1. The van der Waals surface area contributed by atoms with Crippen molar-refractivity contribution in [3.63, 3.8) is 0 Å². The maximum atomic E-state index is 5.53. The Morgan fingerprint density at radius 1 is 1.25 bits per heavy atom. The van der Waals surface area contributed by atoms with Gasteiger partial charge in [-0.15, -0.1) is 11.3 Å². The van der Waals surface area contributed by atoms with E-state index < -0.39 is 0 Å². The second-order valence-electron chi connectivity index (χ2n) is 4.73. The number of aromatic nitrogens is 2. The van der Waals surface area contributed by atoms with Gasteiger partial charge in [0.15, 0.2) is 4.96 Å². The number of aryl methyl sites for hydroxylation is 2. The predicted molar refractivity (Wildman–Crippen MR) is 80.6 cm³/mol. The summed E-state index contributed by atoms with van der Waals surface area (Å²) in [5.74, 6) is 0. The Morgan fingerprint density at radius 2 is 2.05 bits per heavy atom. The summed E-state index contributed by atoms with van der Waals surface area (Å²) in [6, 6.07) is 10.1. The zero-order chi connectivity index (χ0) is 13.9. The van der Waals surface area contributed by atoms with Crippen LogP contribution in [0.4, 0.5) is 0 Å². The smallest absolute Gasteiger partial charge is 0.194 e. The van der Waals surface area contributed by atoms with Gasteiger partial charge in [-0.05, 0) is 19.4 Å². The van der Waals surface area contributed by atoms with Crippen LogP contribution in [0.25, 0.3) is 4.96 Å². The molecule has 0 saturated heterocycles. The Balaban J connectivity index is 1.63. The molecule has 0 atom stereocenters. The van der Waals surface area contributed by atoms with Crippen molar-refractivity contribution in [2.75, 3.05) is 0 Å². The van der Waals surface area contributed by atoms with Gasteiger partial charge in [0.25, 0.3) is 0 Å². The van der Waals surface area contributed by atoms with Gasteiger partial charge in [0, 0.05) is 11.1 Å². The van der Waals surface area contributed by atoms with Crippen LogP contribution >= 0.6 is 11.3 Å². The summed E-state index contributed by atoms with van der Waals surface area (Å²) in [5.41, 5.74) is 7.61. The first kappa shape index (κ1) is 13.3. The van der Waals surface area contributed by atoms with Crippen LogP contribution in [0.3, 0.4) is 0 Å². The monoisotopic (exact) mass is 287 g/mol. The topological polar surface area (TPSA) is 38.6 Å². The van der Waals surface area contributed by atoms with Crippen molar-refractivity contribution in [3.05, 3.63) is 58.4 Å². The highest BCUT2D eigenvalue weighted by Gasteiger charge is 2.11. The summed E-state index contributed by atoms with van der Waals surface area (Å²) in [5, 5.41) is 2.12. The molecule has 0 aliphatic heterocycles. The van der Waals surface area contributed by atoms with Gasteiger partial charge in [-0.3, -0.25) is 9.24 Å². The molecule has 3 aromatic rings. The molecule has 5 heteroatoms. The fraction of sp³-hybridized carbons (Fsp3) is 0.267. The van der Waals surface area contributed by atoms with Crippen LogP contribution in [0, 0.1) is 13.8 Å². The number of fused-ring (bicyclic) bond motifs is 1. The van der Waals surface area contributed by atoms with E-state index in [0.717, 1.165) is 21.9 Å². The lowest BCUT2D eigenvalue weighted by Crippen LogP contribution is -2.16. The minimum absolute atomic E-state index is 0.560. The summed E-state index contributed by atoms with van der Waals surface area (Å²) >= 11 is 1.67. The van der Waals surface area contributed by atoms with E-state index in [4.69, 9.17) is 4.84 Å². The molecular formula is C15H17N3OS. The molecule has 3 rings (SSSR count). The van der Waals surface area contributed by atoms with Gasteiger partial charge in [0.05, 0.1) is 24.5 Å². The average Bonchev–Trinajstić information content (AvgIpc) is 2.96. The fourth-order valence-corrected chi connectivity index (χ4v) is 3.13. The number of hydroxylamine groups is 1. The van der Waals surface area contributed by atoms with Crippen LogP contribution in [0.15, 0.2) is 35.7 Å². The van der Waals surface area contributed by atoms with Gasteiger partial charge < -0.3 is 0 Å². The Hall–Kier alpha value is -1.69. The molecule has 0 saturated carbocycles. The number of imidazole rings is 1. The molecule has 2 aromatic heterocycles. The van der Waals surface area contributed by atoms with Crippen LogP contribution in [0.2, 0.25) is 0 Å². The second-order valence-corrected chi connectivity index (χ2v) is 5.57. The Bertz CT molecular complexity index is 703. The van der Waals surface area contributed by atoms with E-state index in [-0.39, 0.29) is 0 Å². The molecule has 0 amide bonds. The number of rotatable bonds is 5. The lowest BCUT2D eigenvalue weighted by atomic mass is 10.2. The summed E-state index contributed by atoms with van der Waals surface area (Å²) in [7, 11) is 0. The van der Waals surface area contributed by atoms with Gasteiger partial charge in [-0.2, -0.15) is 5.48 Å². The maximum Gasteiger partial charge on any atom is 0.194 e. The molecular weight excluding hydrogens is 270 g/mol. The lowest BCUT2D eigenvalue weighted by molar-refractivity contribution is 0.0226. The van der Waals surface area contributed by atoms with E-state index in [2.05, 4.69) is 27.2 Å². The Labute approximate surface area is 122 Å². The number of nitrogens with zero attached hydrogens (tertiary/aromatic N) is 2. The van der Waals surface area contributed by atoms with Crippen LogP contribution in [-0.4, -0.2) is 9.38 Å². The third-order valence-electron chi connectivity index (χ3n) is 3.25. The molecule has 104 valence electrons. The lowest BCUT2D eigenvalue weighted by Gasteiger charge is -2.07. The Kier molecular flexibility index (Phi) is 3.82. The normalized spacial score (nSPS) is 11.3. The first-order valence-corrected chi connectivity index (χ1v) is 7.44. The van der Waals surface area contributed by atoms with Crippen molar-refractivity contribution in [1.29, 1.82) is 0 Å². The molecule has 0 fully saturated rings. The second kappa shape index (κ2) is 5.75. The first-order valence-electron chi connectivity index (χ1n) is 6.56. The molecule has 0 aliphatic carbocycles. The van der Waals surface area contributed by atoms with Crippen molar-refractivity contribution in [2.45, 2.75) is 27.0 Å². The van der Waals surface area contributed by atoms with Gasteiger partial charge in [-0.25, -0.2) is 4.98 Å². The largest absolute Gasteiger partial charge is 0.297 e. The zero-order valence-corrected chi connectivity index (χ0v) is 12.4. The molecule has 2 heterocycles. The Morgan fingerprint density at radius 3 is 2.85 bits per heavy atom.